The highest BCUT2D eigenvalue weighted by Gasteiger charge is 2.29. The molecule has 3 heterocycles. The summed E-state index contributed by atoms with van der Waals surface area (Å²) in [4.78, 5) is 12.8. The number of nitrogens with one attached hydrogen (secondary N) is 1. The van der Waals surface area contributed by atoms with Crippen LogP contribution < -0.4 is 10.6 Å². The SMILES string of the molecule is CC1(CN)CCN(c2cnc3c(Sc4ccccc4)n[nH]c3n2)CC1. The predicted molar refractivity (Wildman–Crippen MR) is 101 cm³/mol. The van der Waals surface area contributed by atoms with Gasteiger partial charge in [0, 0.05) is 18.0 Å². The molecule has 3 N–H and O–H groups in total. The Balaban J connectivity index is 1.54. The molecule has 1 aliphatic heterocycles. The van der Waals surface area contributed by atoms with Crippen LogP contribution in [0.3, 0.4) is 0 Å². The minimum absolute atomic E-state index is 0.251. The minimum Gasteiger partial charge on any atom is -0.355 e. The van der Waals surface area contributed by atoms with E-state index in [0.29, 0.717) is 0 Å². The van der Waals surface area contributed by atoms with Crippen molar-refractivity contribution in [3.05, 3.63) is 36.5 Å². The van der Waals surface area contributed by atoms with Crippen LogP contribution >= 0.6 is 11.8 Å². The van der Waals surface area contributed by atoms with Gasteiger partial charge in [0.05, 0.1) is 6.20 Å². The first kappa shape index (κ1) is 16.4. The van der Waals surface area contributed by atoms with Gasteiger partial charge in [-0.2, -0.15) is 5.10 Å². The van der Waals surface area contributed by atoms with E-state index in [0.717, 1.165) is 59.4 Å². The number of piperidine rings is 1. The standard InChI is InChI=1S/C18H22N6S/c1-18(12-19)7-9-24(10-8-18)14-11-20-15-16(21-14)22-23-17(15)25-13-5-3-2-4-6-13/h2-6,11H,7-10,12,19H2,1H3,(H,21,22,23). The second-order valence-electron chi connectivity index (χ2n) is 6.87. The van der Waals surface area contributed by atoms with Gasteiger partial charge in [-0.15, -0.1) is 0 Å². The fraction of sp³-hybridized carbons (Fsp3) is 0.389. The molecule has 130 valence electrons. The van der Waals surface area contributed by atoms with Crippen molar-refractivity contribution in [2.24, 2.45) is 11.1 Å². The second kappa shape index (κ2) is 6.65. The maximum atomic E-state index is 5.90. The number of benzene rings is 1. The third-order valence-electron chi connectivity index (χ3n) is 4.97. The topological polar surface area (TPSA) is 83.7 Å². The van der Waals surface area contributed by atoms with Gasteiger partial charge < -0.3 is 10.6 Å². The number of hydrogen-bond donors (Lipinski definition) is 2. The average Bonchev–Trinajstić information content (AvgIpc) is 3.05. The lowest BCUT2D eigenvalue weighted by atomic mass is 9.80. The molecular weight excluding hydrogens is 332 g/mol. The third kappa shape index (κ3) is 3.34. The van der Waals surface area contributed by atoms with Crippen molar-refractivity contribution in [2.45, 2.75) is 29.7 Å². The van der Waals surface area contributed by atoms with Crippen molar-refractivity contribution < 1.29 is 0 Å². The molecule has 1 aromatic carbocycles. The first-order valence-electron chi connectivity index (χ1n) is 8.56. The summed E-state index contributed by atoms with van der Waals surface area (Å²) in [5.41, 5.74) is 7.71. The molecule has 7 heteroatoms. The lowest BCUT2D eigenvalue weighted by Gasteiger charge is -2.39. The normalized spacial score (nSPS) is 17.1. The summed E-state index contributed by atoms with van der Waals surface area (Å²) in [6.45, 7) is 4.94. The van der Waals surface area contributed by atoms with Gasteiger partial charge in [0.1, 0.15) is 11.3 Å². The Morgan fingerprint density at radius 1 is 1.24 bits per heavy atom. The minimum atomic E-state index is 0.251. The van der Waals surface area contributed by atoms with E-state index in [1.807, 2.05) is 24.4 Å². The molecule has 0 bridgehead atoms. The maximum absolute atomic E-state index is 5.90. The van der Waals surface area contributed by atoms with Crippen LogP contribution in [0.2, 0.25) is 0 Å². The summed E-state index contributed by atoms with van der Waals surface area (Å²) in [5, 5.41) is 8.27. The van der Waals surface area contributed by atoms with Crippen molar-refractivity contribution in [3.8, 4) is 0 Å². The number of nitrogens with zero attached hydrogens (tertiary/aromatic N) is 4. The van der Waals surface area contributed by atoms with Gasteiger partial charge in [-0.3, -0.25) is 5.10 Å². The molecule has 1 saturated heterocycles. The van der Waals surface area contributed by atoms with Gasteiger partial charge >= 0.3 is 0 Å². The van der Waals surface area contributed by atoms with E-state index in [1.165, 1.54) is 0 Å². The van der Waals surface area contributed by atoms with E-state index >= 15 is 0 Å². The van der Waals surface area contributed by atoms with Crippen molar-refractivity contribution in [3.63, 3.8) is 0 Å². The van der Waals surface area contributed by atoms with E-state index in [9.17, 15) is 0 Å². The summed E-state index contributed by atoms with van der Waals surface area (Å²) < 4.78 is 0. The Bertz CT molecular complexity index is 854. The zero-order valence-corrected chi connectivity index (χ0v) is 15.1. The van der Waals surface area contributed by atoms with Gasteiger partial charge in [0.2, 0.25) is 0 Å². The molecule has 6 nitrogen and oxygen atoms in total. The number of anilines is 1. The average molecular weight is 354 g/mol. The summed E-state index contributed by atoms with van der Waals surface area (Å²) in [5.74, 6) is 0.909. The smallest absolute Gasteiger partial charge is 0.177 e. The van der Waals surface area contributed by atoms with Crippen LogP contribution in [0.5, 0.6) is 0 Å². The highest BCUT2D eigenvalue weighted by atomic mass is 32.2. The summed E-state index contributed by atoms with van der Waals surface area (Å²) >= 11 is 1.60. The van der Waals surface area contributed by atoms with Gasteiger partial charge in [0.25, 0.3) is 0 Å². The molecule has 0 radical (unpaired) electrons. The van der Waals surface area contributed by atoms with Crippen LogP contribution in [0.1, 0.15) is 19.8 Å². The summed E-state index contributed by atoms with van der Waals surface area (Å²) in [6.07, 6.45) is 4.03. The molecule has 2 aromatic heterocycles. The van der Waals surface area contributed by atoms with Gasteiger partial charge in [-0.1, -0.05) is 36.9 Å². The second-order valence-corrected chi connectivity index (χ2v) is 7.93. The number of hydrogen-bond acceptors (Lipinski definition) is 6. The fourth-order valence-corrected chi connectivity index (χ4v) is 3.93. The number of H-pyrrole nitrogens is 1. The van der Waals surface area contributed by atoms with Crippen LogP contribution in [0.25, 0.3) is 11.2 Å². The van der Waals surface area contributed by atoms with E-state index in [4.69, 9.17) is 10.7 Å². The Labute approximate surface area is 151 Å². The Morgan fingerprint density at radius 3 is 2.72 bits per heavy atom. The lowest BCUT2D eigenvalue weighted by Crippen LogP contribution is -2.42. The van der Waals surface area contributed by atoms with Crippen molar-refractivity contribution in [1.29, 1.82) is 0 Å². The molecule has 1 aliphatic rings. The van der Waals surface area contributed by atoms with Crippen molar-refractivity contribution in [1.82, 2.24) is 20.2 Å². The monoisotopic (exact) mass is 354 g/mol. The van der Waals surface area contributed by atoms with Crippen LogP contribution in [-0.4, -0.2) is 39.8 Å². The van der Waals surface area contributed by atoms with Gasteiger partial charge in [0.15, 0.2) is 10.7 Å². The molecule has 0 spiro atoms. The number of aromatic amines is 1. The van der Waals surface area contributed by atoms with Gasteiger partial charge in [-0.05, 0) is 36.9 Å². The van der Waals surface area contributed by atoms with Gasteiger partial charge in [-0.25, -0.2) is 9.97 Å². The number of nitrogens with two attached hydrogens (primary N) is 1. The summed E-state index contributed by atoms with van der Waals surface area (Å²) in [6, 6.07) is 10.2. The molecule has 0 unspecified atom stereocenters. The van der Waals surface area contributed by atoms with Crippen LogP contribution in [0, 0.1) is 5.41 Å². The highest BCUT2D eigenvalue weighted by Crippen LogP contribution is 2.33. The molecule has 0 amide bonds. The largest absolute Gasteiger partial charge is 0.355 e. The zero-order valence-electron chi connectivity index (χ0n) is 14.3. The number of rotatable bonds is 4. The fourth-order valence-electron chi connectivity index (χ4n) is 3.07. The molecule has 25 heavy (non-hydrogen) atoms. The molecule has 3 aromatic rings. The van der Waals surface area contributed by atoms with E-state index in [1.54, 1.807) is 11.8 Å². The first-order chi connectivity index (χ1) is 12.2. The molecular formula is C18H22N6S. The summed E-state index contributed by atoms with van der Waals surface area (Å²) in [7, 11) is 0. The highest BCUT2D eigenvalue weighted by molar-refractivity contribution is 7.99. The van der Waals surface area contributed by atoms with Crippen LogP contribution in [0.15, 0.2) is 46.5 Å². The van der Waals surface area contributed by atoms with Crippen molar-refractivity contribution in [2.75, 3.05) is 24.5 Å². The molecule has 0 aliphatic carbocycles. The molecule has 0 atom stereocenters. The number of fused-ring (bicyclic) bond motifs is 1. The molecule has 4 rings (SSSR count). The van der Waals surface area contributed by atoms with Crippen LogP contribution in [-0.2, 0) is 0 Å². The Kier molecular flexibility index (Phi) is 4.35. The molecule has 0 saturated carbocycles. The Morgan fingerprint density at radius 2 is 2.00 bits per heavy atom. The number of aromatic nitrogens is 4. The van der Waals surface area contributed by atoms with Crippen molar-refractivity contribution >= 4 is 28.7 Å². The quantitative estimate of drug-likeness (QED) is 0.749. The van der Waals surface area contributed by atoms with E-state index in [2.05, 4.69) is 39.1 Å². The zero-order chi connectivity index (χ0) is 17.3. The Hall–Kier alpha value is -2.12. The predicted octanol–water partition coefficient (Wildman–Crippen LogP) is 3.07. The first-order valence-corrected chi connectivity index (χ1v) is 9.38. The maximum Gasteiger partial charge on any atom is 0.177 e. The van der Waals surface area contributed by atoms with E-state index in [-0.39, 0.29) is 5.41 Å². The molecule has 1 fully saturated rings. The lowest BCUT2D eigenvalue weighted by molar-refractivity contribution is 0.258. The third-order valence-corrected chi connectivity index (χ3v) is 5.96. The van der Waals surface area contributed by atoms with E-state index < -0.39 is 0 Å². The van der Waals surface area contributed by atoms with Crippen LogP contribution in [0.4, 0.5) is 5.82 Å².